The molecular formula is C17H20O4S. The fraction of sp³-hybridized carbons (Fsp3) is 0.294. The van der Waals surface area contributed by atoms with Gasteiger partial charge in [-0.15, -0.1) is 0 Å². The molecule has 0 spiro atoms. The van der Waals surface area contributed by atoms with Gasteiger partial charge in [-0.25, -0.2) is 8.42 Å². The molecule has 22 heavy (non-hydrogen) atoms. The van der Waals surface area contributed by atoms with Crippen molar-refractivity contribution in [2.24, 2.45) is 0 Å². The van der Waals surface area contributed by atoms with Gasteiger partial charge in [0.2, 0.25) is 9.84 Å². The van der Waals surface area contributed by atoms with E-state index in [2.05, 4.69) is 0 Å². The van der Waals surface area contributed by atoms with Crippen LogP contribution in [0.2, 0.25) is 0 Å². The standard InChI is InChI=1S/C17H20O4S/c1-9-6-7-10(2)17(16(9)19)22(20,21)14-8-11(3)15(18)13(5)12(14)4/h6-8,18-19H,1-5H3. The zero-order valence-corrected chi connectivity index (χ0v) is 14.2. The second-order valence-corrected chi connectivity index (χ2v) is 7.53. The van der Waals surface area contributed by atoms with Crippen LogP contribution in [0, 0.1) is 34.6 Å². The molecule has 0 heterocycles. The van der Waals surface area contributed by atoms with Crippen LogP contribution in [0.5, 0.6) is 11.5 Å². The largest absolute Gasteiger partial charge is 0.507 e. The number of hydrogen-bond donors (Lipinski definition) is 2. The van der Waals surface area contributed by atoms with Crippen molar-refractivity contribution in [3.63, 3.8) is 0 Å². The molecule has 118 valence electrons. The minimum absolute atomic E-state index is 0.0694. The molecule has 0 bridgehead atoms. The van der Waals surface area contributed by atoms with Crippen LogP contribution >= 0.6 is 0 Å². The SMILES string of the molecule is Cc1cc(S(=O)(=O)c2c(C)ccc(C)c2O)c(C)c(C)c1O. The van der Waals surface area contributed by atoms with Gasteiger partial charge in [0.25, 0.3) is 0 Å². The molecule has 0 radical (unpaired) electrons. The lowest BCUT2D eigenvalue weighted by atomic mass is 10.1. The summed E-state index contributed by atoms with van der Waals surface area (Å²) in [6, 6.07) is 4.81. The van der Waals surface area contributed by atoms with Gasteiger partial charge in [0.05, 0.1) is 4.90 Å². The molecule has 4 nitrogen and oxygen atoms in total. The Morgan fingerprint density at radius 1 is 0.773 bits per heavy atom. The lowest BCUT2D eigenvalue weighted by molar-refractivity contribution is 0.453. The zero-order valence-electron chi connectivity index (χ0n) is 13.4. The predicted molar refractivity (Wildman–Crippen MR) is 85.4 cm³/mol. The fourth-order valence-electron chi connectivity index (χ4n) is 2.53. The van der Waals surface area contributed by atoms with E-state index in [1.807, 2.05) is 0 Å². The summed E-state index contributed by atoms with van der Waals surface area (Å²) < 4.78 is 26.0. The Morgan fingerprint density at radius 2 is 1.32 bits per heavy atom. The van der Waals surface area contributed by atoms with E-state index < -0.39 is 9.84 Å². The molecule has 0 saturated carbocycles. The number of sulfone groups is 1. The normalized spacial score (nSPS) is 11.7. The molecule has 0 aliphatic heterocycles. The Kier molecular flexibility index (Phi) is 3.96. The van der Waals surface area contributed by atoms with Crippen LogP contribution in [-0.2, 0) is 9.84 Å². The molecule has 0 atom stereocenters. The third kappa shape index (κ3) is 2.35. The summed E-state index contributed by atoms with van der Waals surface area (Å²) in [5.41, 5.74) is 2.51. The van der Waals surface area contributed by atoms with Gasteiger partial charge >= 0.3 is 0 Å². The fourth-order valence-corrected chi connectivity index (χ4v) is 4.55. The summed E-state index contributed by atoms with van der Waals surface area (Å²) in [7, 11) is -3.88. The maximum atomic E-state index is 13.0. The molecule has 2 N–H and O–H groups in total. The van der Waals surface area contributed by atoms with Gasteiger partial charge < -0.3 is 10.2 Å². The average molecular weight is 320 g/mol. The lowest BCUT2D eigenvalue weighted by Crippen LogP contribution is -2.08. The van der Waals surface area contributed by atoms with E-state index in [-0.39, 0.29) is 21.3 Å². The minimum atomic E-state index is -3.88. The number of rotatable bonds is 2. The van der Waals surface area contributed by atoms with Crippen LogP contribution in [-0.4, -0.2) is 18.6 Å². The Hall–Kier alpha value is -2.01. The smallest absolute Gasteiger partial charge is 0.210 e. The topological polar surface area (TPSA) is 74.6 Å². The van der Waals surface area contributed by atoms with E-state index in [0.717, 1.165) is 0 Å². The molecule has 2 aromatic rings. The van der Waals surface area contributed by atoms with E-state index >= 15 is 0 Å². The highest BCUT2D eigenvalue weighted by atomic mass is 32.2. The molecule has 0 unspecified atom stereocenters. The van der Waals surface area contributed by atoms with Gasteiger partial charge in [0.15, 0.2) is 0 Å². The van der Waals surface area contributed by atoms with Crippen molar-refractivity contribution in [2.75, 3.05) is 0 Å². The molecule has 0 aliphatic rings. The van der Waals surface area contributed by atoms with Crippen LogP contribution in [0.25, 0.3) is 0 Å². The van der Waals surface area contributed by atoms with Gasteiger partial charge in [-0.2, -0.15) is 0 Å². The highest BCUT2D eigenvalue weighted by molar-refractivity contribution is 7.91. The van der Waals surface area contributed by atoms with Crippen molar-refractivity contribution >= 4 is 9.84 Å². The van der Waals surface area contributed by atoms with E-state index in [1.165, 1.54) is 6.07 Å². The summed E-state index contributed by atoms with van der Waals surface area (Å²) in [6.07, 6.45) is 0. The van der Waals surface area contributed by atoms with Crippen LogP contribution in [0.4, 0.5) is 0 Å². The maximum absolute atomic E-state index is 13.0. The van der Waals surface area contributed by atoms with Crippen LogP contribution in [0.3, 0.4) is 0 Å². The van der Waals surface area contributed by atoms with E-state index in [1.54, 1.807) is 46.8 Å². The lowest BCUT2D eigenvalue weighted by Gasteiger charge is -2.16. The van der Waals surface area contributed by atoms with Crippen molar-refractivity contribution in [2.45, 2.75) is 44.4 Å². The van der Waals surface area contributed by atoms with Gasteiger partial charge in [0, 0.05) is 0 Å². The molecule has 2 rings (SSSR count). The average Bonchev–Trinajstić information content (AvgIpc) is 2.44. The molecule has 0 amide bonds. The summed E-state index contributed by atoms with van der Waals surface area (Å²) >= 11 is 0. The summed E-state index contributed by atoms with van der Waals surface area (Å²) in [6.45, 7) is 8.31. The minimum Gasteiger partial charge on any atom is -0.507 e. The van der Waals surface area contributed by atoms with Crippen LogP contribution < -0.4 is 0 Å². The van der Waals surface area contributed by atoms with Gasteiger partial charge in [0.1, 0.15) is 16.4 Å². The van der Waals surface area contributed by atoms with Crippen molar-refractivity contribution in [3.8, 4) is 11.5 Å². The van der Waals surface area contributed by atoms with E-state index in [9.17, 15) is 18.6 Å². The highest BCUT2D eigenvalue weighted by Crippen LogP contribution is 2.38. The van der Waals surface area contributed by atoms with Crippen molar-refractivity contribution in [1.82, 2.24) is 0 Å². The predicted octanol–water partition coefficient (Wildman–Crippen LogP) is 3.47. The number of aromatic hydroxyl groups is 2. The van der Waals surface area contributed by atoms with E-state index in [4.69, 9.17) is 0 Å². The molecule has 2 aromatic carbocycles. The molecule has 0 fully saturated rings. The van der Waals surface area contributed by atoms with Crippen molar-refractivity contribution in [1.29, 1.82) is 0 Å². The first-order chi connectivity index (χ1) is 10.1. The number of aryl methyl sites for hydroxylation is 3. The first-order valence-electron chi connectivity index (χ1n) is 6.93. The number of phenols is 2. The van der Waals surface area contributed by atoms with Gasteiger partial charge in [-0.1, -0.05) is 12.1 Å². The number of benzene rings is 2. The summed E-state index contributed by atoms with van der Waals surface area (Å²) in [5, 5.41) is 20.2. The van der Waals surface area contributed by atoms with Gasteiger partial charge in [-0.3, -0.25) is 0 Å². The van der Waals surface area contributed by atoms with Crippen LogP contribution in [0.1, 0.15) is 27.8 Å². The molecule has 0 saturated heterocycles. The third-order valence-electron chi connectivity index (χ3n) is 4.10. The maximum Gasteiger partial charge on any atom is 0.210 e. The first kappa shape index (κ1) is 16.4. The molecular weight excluding hydrogens is 300 g/mol. The zero-order chi connectivity index (χ0) is 16.8. The number of hydrogen-bond acceptors (Lipinski definition) is 4. The second kappa shape index (κ2) is 5.32. The van der Waals surface area contributed by atoms with Gasteiger partial charge in [-0.05, 0) is 68.5 Å². The molecule has 5 heteroatoms. The monoisotopic (exact) mass is 320 g/mol. The molecule has 0 aromatic heterocycles. The highest BCUT2D eigenvalue weighted by Gasteiger charge is 2.28. The third-order valence-corrected chi connectivity index (χ3v) is 6.15. The summed E-state index contributed by atoms with van der Waals surface area (Å²) in [5.74, 6) is -0.121. The van der Waals surface area contributed by atoms with Crippen molar-refractivity contribution < 1.29 is 18.6 Å². The van der Waals surface area contributed by atoms with Crippen LogP contribution in [0.15, 0.2) is 28.0 Å². The Balaban J connectivity index is 2.87. The second-order valence-electron chi connectivity index (χ2n) is 5.67. The quantitative estimate of drug-likeness (QED) is 0.888. The number of phenolic OH excluding ortho intramolecular Hbond substituents is 2. The van der Waals surface area contributed by atoms with E-state index in [0.29, 0.717) is 27.8 Å². The Morgan fingerprint density at radius 3 is 1.91 bits per heavy atom. The summed E-state index contributed by atoms with van der Waals surface area (Å²) in [4.78, 5) is 0.0457. The van der Waals surface area contributed by atoms with Crippen molar-refractivity contribution in [3.05, 3.63) is 46.0 Å². The molecule has 0 aliphatic carbocycles. The Bertz CT molecular complexity index is 865. The Labute approximate surface area is 131 Å². The first-order valence-corrected chi connectivity index (χ1v) is 8.41.